The van der Waals surface area contributed by atoms with Gasteiger partial charge in [0.1, 0.15) is 6.61 Å². The van der Waals surface area contributed by atoms with Gasteiger partial charge in [-0.3, -0.25) is 14.4 Å². The van der Waals surface area contributed by atoms with Crippen molar-refractivity contribution in [3.8, 4) is 0 Å². The fourth-order valence-corrected chi connectivity index (χ4v) is 3.78. The number of likely N-dealkylation sites (tertiary alicyclic amines) is 1. The number of methoxy groups -OCH3 is 1. The maximum Gasteiger partial charge on any atom is 0.289 e. The molecule has 0 saturated carbocycles. The molecule has 8 nitrogen and oxygen atoms in total. The molecule has 3 rings (SSSR count). The Morgan fingerprint density at radius 1 is 1.07 bits per heavy atom. The quantitative estimate of drug-likeness (QED) is 0.776. The minimum Gasteiger partial charge on any atom is -0.459 e. The molecule has 2 saturated heterocycles. The van der Waals surface area contributed by atoms with Crippen molar-refractivity contribution < 1.29 is 23.5 Å². The molecule has 2 fully saturated rings. The monoisotopic (exact) mass is 377 g/mol. The molecule has 3 heterocycles. The minimum absolute atomic E-state index is 0.0501. The van der Waals surface area contributed by atoms with E-state index in [1.807, 2.05) is 4.90 Å². The van der Waals surface area contributed by atoms with Crippen LogP contribution in [0.4, 0.5) is 0 Å². The highest BCUT2D eigenvalue weighted by Gasteiger charge is 2.32. The second-order valence-electron chi connectivity index (χ2n) is 7.06. The Morgan fingerprint density at radius 2 is 1.81 bits per heavy atom. The van der Waals surface area contributed by atoms with Crippen LogP contribution in [0.25, 0.3) is 0 Å². The number of nitrogens with zero attached hydrogens (tertiary/aromatic N) is 3. The van der Waals surface area contributed by atoms with Crippen LogP contribution in [-0.4, -0.2) is 85.4 Å². The third kappa shape index (κ3) is 4.68. The van der Waals surface area contributed by atoms with Gasteiger partial charge in [-0.2, -0.15) is 0 Å². The summed E-state index contributed by atoms with van der Waals surface area (Å²) in [5.74, 6) is 0.0304. The summed E-state index contributed by atoms with van der Waals surface area (Å²) < 4.78 is 10.1. The second-order valence-corrected chi connectivity index (χ2v) is 7.06. The van der Waals surface area contributed by atoms with Crippen molar-refractivity contribution in [3.05, 3.63) is 24.2 Å². The van der Waals surface area contributed by atoms with E-state index in [0.717, 1.165) is 19.3 Å². The number of ether oxygens (including phenoxy) is 1. The lowest BCUT2D eigenvalue weighted by Gasteiger charge is -2.34. The standard InChI is InChI=1S/C19H27N3O5/c1-26-14-17(23)22-7-2-5-15(13-22)18(24)20-8-4-9-21(11-10-20)19(25)16-6-3-12-27-16/h3,6,12,15H,2,4-5,7-11,13-14H2,1H3/t15-/m0/s1. The van der Waals surface area contributed by atoms with Crippen molar-refractivity contribution in [1.82, 2.24) is 14.7 Å². The van der Waals surface area contributed by atoms with Gasteiger partial charge in [-0.15, -0.1) is 0 Å². The SMILES string of the molecule is COCC(=O)N1CCC[C@H](C(=O)N2CCCN(C(=O)c3ccco3)CC2)C1. The van der Waals surface area contributed by atoms with Gasteiger partial charge < -0.3 is 23.9 Å². The molecule has 0 bridgehead atoms. The van der Waals surface area contributed by atoms with E-state index in [4.69, 9.17) is 9.15 Å². The van der Waals surface area contributed by atoms with Gasteiger partial charge in [0.05, 0.1) is 12.2 Å². The lowest BCUT2D eigenvalue weighted by molar-refractivity contribution is -0.142. The average Bonchev–Trinajstić information content (AvgIpc) is 3.12. The van der Waals surface area contributed by atoms with Crippen LogP contribution in [0.1, 0.15) is 29.8 Å². The molecule has 1 atom stereocenters. The fraction of sp³-hybridized carbons (Fsp3) is 0.632. The van der Waals surface area contributed by atoms with Gasteiger partial charge in [-0.1, -0.05) is 0 Å². The molecule has 0 aromatic carbocycles. The summed E-state index contributed by atoms with van der Waals surface area (Å²) >= 11 is 0. The Labute approximate surface area is 159 Å². The van der Waals surface area contributed by atoms with Crippen LogP contribution in [-0.2, 0) is 14.3 Å². The number of carbonyl (C=O) groups is 3. The van der Waals surface area contributed by atoms with Gasteiger partial charge >= 0.3 is 0 Å². The van der Waals surface area contributed by atoms with Gasteiger partial charge in [0, 0.05) is 46.4 Å². The molecule has 0 unspecified atom stereocenters. The van der Waals surface area contributed by atoms with Gasteiger partial charge in [0.15, 0.2) is 5.76 Å². The van der Waals surface area contributed by atoms with Crippen molar-refractivity contribution >= 4 is 17.7 Å². The molecular weight excluding hydrogens is 350 g/mol. The van der Waals surface area contributed by atoms with E-state index >= 15 is 0 Å². The summed E-state index contributed by atoms with van der Waals surface area (Å²) in [4.78, 5) is 42.8. The topological polar surface area (TPSA) is 83.3 Å². The molecule has 27 heavy (non-hydrogen) atoms. The number of furan rings is 1. The Hall–Kier alpha value is -2.35. The van der Waals surface area contributed by atoms with Gasteiger partial charge in [-0.25, -0.2) is 0 Å². The van der Waals surface area contributed by atoms with Gasteiger partial charge in [0.25, 0.3) is 5.91 Å². The molecule has 2 aliphatic heterocycles. The Kier molecular flexibility index (Phi) is 6.49. The zero-order valence-electron chi connectivity index (χ0n) is 15.8. The van der Waals surface area contributed by atoms with E-state index in [9.17, 15) is 14.4 Å². The van der Waals surface area contributed by atoms with E-state index < -0.39 is 0 Å². The molecule has 1 aromatic heterocycles. The van der Waals surface area contributed by atoms with Crippen molar-refractivity contribution in [3.63, 3.8) is 0 Å². The van der Waals surface area contributed by atoms with Crippen LogP contribution < -0.4 is 0 Å². The van der Waals surface area contributed by atoms with E-state index in [2.05, 4.69) is 0 Å². The molecule has 0 spiro atoms. The molecule has 0 N–H and O–H groups in total. The van der Waals surface area contributed by atoms with E-state index in [1.165, 1.54) is 13.4 Å². The largest absolute Gasteiger partial charge is 0.459 e. The number of amides is 3. The van der Waals surface area contributed by atoms with Crippen LogP contribution in [0.3, 0.4) is 0 Å². The summed E-state index contributed by atoms with van der Waals surface area (Å²) in [6.45, 7) is 3.41. The molecule has 3 amide bonds. The molecule has 8 heteroatoms. The van der Waals surface area contributed by atoms with Gasteiger partial charge in [-0.05, 0) is 31.4 Å². The summed E-state index contributed by atoms with van der Waals surface area (Å²) in [6, 6.07) is 3.35. The molecule has 2 aliphatic rings. The Morgan fingerprint density at radius 3 is 2.56 bits per heavy atom. The predicted octanol–water partition coefficient (Wildman–Crippen LogP) is 0.839. The maximum absolute atomic E-state index is 13.0. The summed E-state index contributed by atoms with van der Waals surface area (Å²) in [5.41, 5.74) is 0. The summed E-state index contributed by atoms with van der Waals surface area (Å²) in [7, 11) is 1.50. The maximum atomic E-state index is 13.0. The second kappa shape index (κ2) is 9.03. The number of hydrogen-bond acceptors (Lipinski definition) is 5. The average molecular weight is 377 g/mol. The first kappa shape index (κ1) is 19.4. The normalized spacial score (nSPS) is 21.1. The predicted molar refractivity (Wildman–Crippen MR) is 97.0 cm³/mol. The Bertz CT molecular complexity index is 660. The van der Waals surface area contributed by atoms with Crippen molar-refractivity contribution in [1.29, 1.82) is 0 Å². The van der Waals surface area contributed by atoms with Crippen LogP contribution in [0.2, 0.25) is 0 Å². The Balaban J connectivity index is 1.56. The molecule has 0 aliphatic carbocycles. The van der Waals surface area contributed by atoms with E-state index in [0.29, 0.717) is 45.0 Å². The third-order valence-corrected chi connectivity index (χ3v) is 5.22. The fourth-order valence-electron chi connectivity index (χ4n) is 3.78. The lowest BCUT2D eigenvalue weighted by Crippen LogP contribution is -2.48. The smallest absolute Gasteiger partial charge is 0.289 e. The number of hydrogen-bond donors (Lipinski definition) is 0. The minimum atomic E-state index is -0.174. The van der Waals surface area contributed by atoms with Crippen LogP contribution in [0, 0.1) is 5.92 Å². The molecular formula is C19H27N3O5. The molecule has 148 valence electrons. The summed E-state index contributed by atoms with van der Waals surface area (Å²) in [6.07, 6.45) is 3.84. The van der Waals surface area contributed by atoms with Crippen molar-refractivity contribution in [2.45, 2.75) is 19.3 Å². The zero-order valence-corrected chi connectivity index (χ0v) is 15.8. The van der Waals surface area contributed by atoms with E-state index in [-0.39, 0.29) is 30.2 Å². The first-order chi connectivity index (χ1) is 13.1. The summed E-state index contributed by atoms with van der Waals surface area (Å²) in [5, 5.41) is 0. The van der Waals surface area contributed by atoms with Gasteiger partial charge in [0.2, 0.25) is 11.8 Å². The first-order valence-electron chi connectivity index (χ1n) is 9.48. The zero-order chi connectivity index (χ0) is 19.2. The van der Waals surface area contributed by atoms with Crippen LogP contribution in [0.15, 0.2) is 22.8 Å². The highest BCUT2D eigenvalue weighted by atomic mass is 16.5. The number of rotatable bonds is 4. The highest BCUT2D eigenvalue weighted by molar-refractivity contribution is 5.91. The van der Waals surface area contributed by atoms with Crippen molar-refractivity contribution in [2.75, 3.05) is 53.0 Å². The number of piperidine rings is 1. The van der Waals surface area contributed by atoms with Crippen LogP contribution in [0.5, 0.6) is 0 Å². The van der Waals surface area contributed by atoms with Crippen molar-refractivity contribution in [2.24, 2.45) is 5.92 Å². The number of carbonyl (C=O) groups excluding carboxylic acids is 3. The molecule has 1 aromatic rings. The first-order valence-corrected chi connectivity index (χ1v) is 9.48. The lowest BCUT2D eigenvalue weighted by atomic mass is 9.96. The van der Waals surface area contributed by atoms with Crippen LogP contribution >= 0.6 is 0 Å². The van der Waals surface area contributed by atoms with E-state index in [1.54, 1.807) is 21.9 Å². The molecule has 0 radical (unpaired) electrons. The highest BCUT2D eigenvalue weighted by Crippen LogP contribution is 2.20. The third-order valence-electron chi connectivity index (χ3n) is 5.22.